The maximum atomic E-state index is 13.4. The van der Waals surface area contributed by atoms with Gasteiger partial charge in [0.2, 0.25) is 0 Å². The predicted molar refractivity (Wildman–Crippen MR) is 123 cm³/mol. The highest BCUT2D eigenvalue weighted by Crippen LogP contribution is 2.31. The number of carbonyl (C=O) groups is 1. The van der Waals surface area contributed by atoms with Crippen LogP contribution >= 0.6 is 34.5 Å². The Morgan fingerprint density at radius 3 is 2.61 bits per heavy atom. The molecule has 0 saturated heterocycles. The van der Waals surface area contributed by atoms with E-state index in [0.29, 0.717) is 30.6 Å². The van der Waals surface area contributed by atoms with Crippen molar-refractivity contribution in [3.63, 3.8) is 0 Å². The van der Waals surface area contributed by atoms with E-state index in [9.17, 15) is 9.59 Å². The summed E-state index contributed by atoms with van der Waals surface area (Å²) in [7, 11) is 0. The molecular formula is C23H18Cl2N2O3S. The van der Waals surface area contributed by atoms with Crippen LogP contribution in [0.3, 0.4) is 0 Å². The van der Waals surface area contributed by atoms with Gasteiger partial charge in [0.1, 0.15) is 0 Å². The zero-order valence-electron chi connectivity index (χ0n) is 16.8. The van der Waals surface area contributed by atoms with Crippen molar-refractivity contribution >= 4 is 46.6 Å². The Kier molecular flexibility index (Phi) is 6.14. The standard InChI is InChI=1S/C23H18Cl2N2O3S/c1-3-30-22(29)19-13(2)26-23-27(20(19)15-7-9-16(24)10-8-15)21(28)18(31-23)12-14-5-4-6-17(25)11-14/h4-12,20H,3H2,1-2H3/b18-12-/t20-/m1/s1. The normalized spacial score (nSPS) is 16.1. The first-order valence-electron chi connectivity index (χ1n) is 9.59. The molecule has 0 bridgehead atoms. The zero-order valence-corrected chi connectivity index (χ0v) is 19.1. The second-order valence-electron chi connectivity index (χ2n) is 6.91. The van der Waals surface area contributed by atoms with Crippen LogP contribution in [0.4, 0.5) is 0 Å². The highest BCUT2D eigenvalue weighted by molar-refractivity contribution is 7.07. The minimum absolute atomic E-state index is 0.224. The topological polar surface area (TPSA) is 60.7 Å². The summed E-state index contributed by atoms with van der Waals surface area (Å²) in [5.74, 6) is -0.493. The van der Waals surface area contributed by atoms with Crippen LogP contribution in [0.5, 0.6) is 0 Å². The van der Waals surface area contributed by atoms with Crippen LogP contribution in [0, 0.1) is 0 Å². The smallest absolute Gasteiger partial charge is 0.338 e. The van der Waals surface area contributed by atoms with E-state index in [1.165, 1.54) is 11.3 Å². The second kappa shape index (κ2) is 8.83. The van der Waals surface area contributed by atoms with E-state index >= 15 is 0 Å². The third-order valence-corrected chi connectivity index (χ3v) is 6.32. The van der Waals surface area contributed by atoms with E-state index in [2.05, 4.69) is 4.99 Å². The van der Waals surface area contributed by atoms with E-state index in [-0.39, 0.29) is 12.2 Å². The SMILES string of the molecule is CCOC(=O)C1=C(C)N=c2s/c(=C\c3cccc(Cl)c3)c(=O)n2[C@@H]1c1ccc(Cl)cc1. The number of carbonyl (C=O) groups excluding carboxylic acids is 1. The van der Waals surface area contributed by atoms with Gasteiger partial charge in [0.25, 0.3) is 5.56 Å². The van der Waals surface area contributed by atoms with Gasteiger partial charge in [0, 0.05) is 10.0 Å². The van der Waals surface area contributed by atoms with Gasteiger partial charge in [-0.1, -0.05) is 58.8 Å². The molecule has 0 spiro atoms. The zero-order chi connectivity index (χ0) is 22.1. The van der Waals surface area contributed by atoms with Gasteiger partial charge in [0.15, 0.2) is 4.80 Å². The summed E-state index contributed by atoms with van der Waals surface area (Å²) in [6.07, 6.45) is 1.78. The number of esters is 1. The molecule has 2 heterocycles. The van der Waals surface area contributed by atoms with Crippen molar-refractivity contribution in [2.75, 3.05) is 6.61 Å². The van der Waals surface area contributed by atoms with Crippen LogP contribution in [0.2, 0.25) is 10.0 Å². The maximum Gasteiger partial charge on any atom is 0.338 e. The van der Waals surface area contributed by atoms with Gasteiger partial charge in [-0.15, -0.1) is 0 Å². The first kappa shape index (κ1) is 21.6. The number of nitrogens with zero attached hydrogens (tertiary/aromatic N) is 2. The lowest BCUT2D eigenvalue weighted by atomic mass is 9.96. The molecule has 1 aliphatic heterocycles. The molecule has 158 valence electrons. The number of thiazole rings is 1. The third kappa shape index (κ3) is 4.24. The van der Waals surface area contributed by atoms with Crippen molar-refractivity contribution in [1.82, 2.24) is 4.57 Å². The van der Waals surface area contributed by atoms with Gasteiger partial charge in [0.05, 0.1) is 28.5 Å². The Bertz CT molecular complexity index is 1370. The number of allylic oxidation sites excluding steroid dienone is 1. The lowest BCUT2D eigenvalue weighted by molar-refractivity contribution is -0.139. The molecule has 0 amide bonds. The fourth-order valence-electron chi connectivity index (χ4n) is 3.50. The lowest BCUT2D eigenvalue weighted by Crippen LogP contribution is -2.39. The van der Waals surface area contributed by atoms with Crippen molar-refractivity contribution in [2.24, 2.45) is 4.99 Å². The fourth-order valence-corrected chi connectivity index (χ4v) is 4.87. The van der Waals surface area contributed by atoms with Crippen LogP contribution in [-0.4, -0.2) is 17.1 Å². The molecule has 0 aliphatic carbocycles. The first-order chi connectivity index (χ1) is 14.9. The van der Waals surface area contributed by atoms with Gasteiger partial charge in [-0.05, 0) is 55.3 Å². The van der Waals surface area contributed by atoms with Crippen LogP contribution in [0.25, 0.3) is 6.08 Å². The van der Waals surface area contributed by atoms with Gasteiger partial charge in [-0.25, -0.2) is 9.79 Å². The number of halogens is 2. The van der Waals surface area contributed by atoms with Gasteiger partial charge in [-0.3, -0.25) is 9.36 Å². The molecule has 4 rings (SSSR count). The molecule has 0 unspecified atom stereocenters. The summed E-state index contributed by atoms with van der Waals surface area (Å²) < 4.78 is 7.32. The molecule has 0 radical (unpaired) electrons. The Labute approximate surface area is 192 Å². The Hall–Kier alpha value is -2.67. The quantitative estimate of drug-likeness (QED) is 0.536. The molecule has 1 aromatic heterocycles. The lowest BCUT2D eigenvalue weighted by Gasteiger charge is -2.24. The first-order valence-corrected chi connectivity index (χ1v) is 11.2. The third-order valence-electron chi connectivity index (χ3n) is 4.85. The van der Waals surface area contributed by atoms with E-state index in [0.717, 1.165) is 11.1 Å². The van der Waals surface area contributed by atoms with Crippen LogP contribution in [0.1, 0.15) is 31.0 Å². The van der Waals surface area contributed by atoms with Crippen molar-refractivity contribution in [3.05, 3.63) is 101 Å². The minimum atomic E-state index is -0.658. The van der Waals surface area contributed by atoms with E-state index in [1.54, 1.807) is 60.9 Å². The van der Waals surface area contributed by atoms with Crippen molar-refractivity contribution < 1.29 is 9.53 Å². The summed E-state index contributed by atoms with van der Waals surface area (Å²) in [5, 5.41) is 1.15. The average Bonchev–Trinajstić information content (AvgIpc) is 3.02. The molecular weight excluding hydrogens is 455 g/mol. The molecule has 0 saturated carbocycles. The highest BCUT2D eigenvalue weighted by atomic mass is 35.5. The van der Waals surface area contributed by atoms with Crippen molar-refractivity contribution in [2.45, 2.75) is 19.9 Å². The largest absolute Gasteiger partial charge is 0.463 e. The summed E-state index contributed by atoms with van der Waals surface area (Å²) in [6, 6.07) is 13.7. The van der Waals surface area contributed by atoms with Crippen LogP contribution < -0.4 is 14.9 Å². The maximum absolute atomic E-state index is 13.4. The number of hydrogen-bond donors (Lipinski definition) is 0. The van der Waals surface area contributed by atoms with Gasteiger partial charge in [-0.2, -0.15) is 0 Å². The summed E-state index contributed by atoms with van der Waals surface area (Å²) >= 11 is 13.4. The molecule has 1 aliphatic rings. The minimum Gasteiger partial charge on any atom is -0.463 e. The molecule has 0 N–H and O–H groups in total. The molecule has 2 aromatic carbocycles. The molecule has 1 atom stereocenters. The molecule has 8 heteroatoms. The molecule has 31 heavy (non-hydrogen) atoms. The number of benzene rings is 2. The molecule has 3 aromatic rings. The molecule has 5 nitrogen and oxygen atoms in total. The van der Waals surface area contributed by atoms with Crippen molar-refractivity contribution in [3.8, 4) is 0 Å². The number of ether oxygens (including phenoxy) is 1. The highest BCUT2D eigenvalue weighted by Gasteiger charge is 2.33. The monoisotopic (exact) mass is 472 g/mol. The van der Waals surface area contributed by atoms with E-state index < -0.39 is 12.0 Å². The number of fused-ring (bicyclic) bond motifs is 1. The summed E-state index contributed by atoms with van der Waals surface area (Å²) in [4.78, 5) is 31.3. The van der Waals surface area contributed by atoms with Gasteiger partial charge >= 0.3 is 5.97 Å². The van der Waals surface area contributed by atoms with Gasteiger partial charge < -0.3 is 4.74 Å². The second-order valence-corrected chi connectivity index (χ2v) is 8.79. The van der Waals surface area contributed by atoms with E-state index in [4.69, 9.17) is 27.9 Å². The average molecular weight is 473 g/mol. The van der Waals surface area contributed by atoms with Crippen LogP contribution in [0.15, 0.2) is 69.6 Å². The Balaban J connectivity index is 1.96. The van der Waals surface area contributed by atoms with Crippen LogP contribution in [-0.2, 0) is 9.53 Å². The number of hydrogen-bond acceptors (Lipinski definition) is 5. The Morgan fingerprint density at radius 1 is 1.19 bits per heavy atom. The number of aromatic nitrogens is 1. The summed E-state index contributed by atoms with van der Waals surface area (Å²) in [5.41, 5.74) is 2.18. The number of rotatable bonds is 4. The Morgan fingerprint density at radius 2 is 1.94 bits per heavy atom. The predicted octanol–water partition coefficient (Wildman–Crippen LogP) is 4.11. The van der Waals surface area contributed by atoms with E-state index in [1.807, 2.05) is 12.1 Å². The van der Waals surface area contributed by atoms with Crippen molar-refractivity contribution in [1.29, 1.82) is 0 Å². The summed E-state index contributed by atoms with van der Waals surface area (Å²) in [6.45, 7) is 3.72. The molecule has 0 fully saturated rings. The fraction of sp³-hybridized carbons (Fsp3) is 0.174.